The zero-order valence-electron chi connectivity index (χ0n) is 9.32. The molecule has 0 spiro atoms. The molecule has 2 heterocycles. The normalized spacial score (nSPS) is 21.7. The molecule has 3 heteroatoms. The van der Waals surface area contributed by atoms with Crippen LogP contribution in [0.3, 0.4) is 0 Å². The highest BCUT2D eigenvalue weighted by atomic mass is 16.3. The monoisotopic (exact) mass is 208 g/mol. The third-order valence-electron chi connectivity index (χ3n) is 3.53. The maximum absolute atomic E-state index is 9.08. The maximum atomic E-state index is 9.08. The fourth-order valence-electron chi connectivity index (χ4n) is 2.32. The zero-order valence-corrected chi connectivity index (χ0v) is 9.32. The molecule has 0 bridgehead atoms. The lowest BCUT2D eigenvalue weighted by Gasteiger charge is -2.35. The van der Waals surface area contributed by atoms with E-state index in [2.05, 4.69) is 22.9 Å². The second kappa shape index (κ2) is 4.81. The Labute approximate surface area is 91.1 Å². The smallest absolute Gasteiger partial charge is 0.0470 e. The summed E-state index contributed by atoms with van der Waals surface area (Å²) in [4.78, 5) is 5.75. The van der Waals surface area contributed by atoms with Gasteiger partial charge in [-0.15, -0.1) is 0 Å². The number of nitrogens with one attached hydrogen (secondary N) is 1. The van der Waals surface area contributed by atoms with Crippen LogP contribution in [0.2, 0.25) is 0 Å². The molecule has 3 nitrogen and oxygen atoms in total. The lowest BCUT2D eigenvalue weighted by atomic mass is 9.96. The molecule has 0 unspecified atom stereocenters. The molecule has 2 N–H and O–H groups in total. The van der Waals surface area contributed by atoms with E-state index in [4.69, 9.17) is 5.11 Å². The Morgan fingerprint density at radius 1 is 1.53 bits per heavy atom. The van der Waals surface area contributed by atoms with Crippen molar-refractivity contribution in [3.05, 3.63) is 24.0 Å². The first-order valence-electron chi connectivity index (χ1n) is 5.79. The van der Waals surface area contributed by atoms with Crippen LogP contribution in [0.5, 0.6) is 0 Å². The fraction of sp³-hybridized carbons (Fsp3) is 0.667. The first kappa shape index (κ1) is 10.7. The van der Waals surface area contributed by atoms with E-state index in [-0.39, 0.29) is 0 Å². The van der Waals surface area contributed by atoms with Gasteiger partial charge in [0.15, 0.2) is 0 Å². The van der Waals surface area contributed by atoms with Crippen LogP contribution < -0.4 is 0 Å². The first-order valence-corrected chi connectivity index (χ1v) is 5.79. The molecule has 0 radical (unpaired) electrons. The second-order valence-corrected chi connectivity index (χ2v) is 4.46. The van der Waals surface area contributed by atoms with Crippen molar-refractivity contribution in [3.8, 4) is 0 Å². The third kappa shape index (κ3) is 2.41. The molecule has 1 atom stereocenters. The van der Waals surface area contributed by atoms with Crippen LogP contribution in [0.1, 0.15) is 31.5 Å². The Bertz CT molecular complexity index is 276. The van der Waals surface area contributed by atoms with Crippen molar-refractivity contribution in [2.24, 2.45) is 5.92 Å². The van der Waals surface area contributed by atoms with Crippen molar-refractivity contribution >= 4 is 0 Å². The van der Waals surface area contributed by atoms with Gasteiger partial charge in [0, 0.05) is 24.5 Å². The standard InChI is InChI=1S/C12H20N2O/c1-10(12-3-2-6-13-12)14-7-4-11(9-15)5-8-14/h2-3,6,10-11,13,15H,4-5,7-9H2,1H3/t10-/m1/s1. The number of likely N-dealkylation sites (tertiary alicyclic amines) is 1. The van der Waals surface area contributed by atoms with Gasteiger partial charge in [-0.3, -0.25) is 4.90 Å². The fourth-order valence-corrected chi connectivity index (χ4v) is 2.32. The lowest BCUT2D eigenvalue weighted by molar-refractivity contribution is 0.105. The van der Waals surface area contributed by atoms with Crippen molar-refractivity contribution in [2.75, 3.05) is 19.7 Å². The third-order valence-corrected chi connectivity index (χ3v) is 3.53. The minimum atomic E-state index is 0.352. The lowest BCUT2D eigenvalue weighted by Crippen LogP contribution is -2.36. The molecule has 15 heavy (non-hydrogen) atoms. The van der Waals surface area contributed by atoms with Crippen LogP contribution in [0.4, 0.5) is 0 Å². The number of aliphatic hydroxyl groups excluding tert-OH is 1. The predicted octanol–water partition coefficient (Wildman–Crippen LogP) is 1.78. The molecule has 1 aliphatic heterocycles. The van der Waals surface area contributed by atoms with Gasteiger partial charge >= 0.3 is 0 Å². The summed E-state index contributed by atoms with van der Waals surface area (Å²) in [5.74, 6) is 0.525. The van der Waals surface area contributed by atoms with Crippen molar-refractivity contribution in [1.29, 1.82) is 0 Å². The highest BCUT2D eigenvalue weighted by molar-refractivity contribution is 5.08. The van der Waals surface area contributed by atoms with E-state index in [9.17, 15) is 0 Å². The van der Waals surface area contributed by atoms with Gasteiger partial charge < -0.3 is 10.1 Å². The van der Waals surface area contributed by atoms with Crippen molar-refractivity contribution in [1.82, 2.24) is 9.88 Å². The number of rotatable bonds is 3. The summed E-state index contributed by atoms with van der Waals surface area (Å²) in [5, 5.41) is 9.08. The summed E-state index contributed by atoms with van der Waals surface area (Å²) in [5.41, 5.74) is 1.29. The van der Waals surface area contributed by atoms with Crippen LogP contribution in [0.25, 0.3) is 0 Å². The summed E-state index contributed by atoms with van der Waals surface area (Å²) in [6.45, 7) is 4.80. The molecule has 1 aliphatic rings. The number of aromatic nitrogens is 1. The molecule has 1 aromatic rings. The molecular weight excluding hydrogens is 188 g/mol. The number of nitrogens with zero attached hydrogens (tertiary/aromatic N) is 1. The van der Waals surface area contributed by atoms with E-state index in [0.29, 0.717) is 18.6 Å². The second-order valence-electron chi connectivity index (χ2n) is 4.46. The molecule has 1 fully saturated rings. The minimum absolute atomic E-state index is 0.352. The van der Waals surface area contributed by atoms with E-state index in [0.717, 1.165) is 25.9 Å². The molecule has 0 amide bonds. The average Bonchev–Trinajstić information content (AvgIpc) is 2.82. The van der Waals surface area contributed by atoms with Crippen LogP contribution in [-0.4, -0.2) is 34.7 Å². The summed E-state index contributed by atoms with van der Waals surface area (Å²) in [6.07, 6.45) is 4.23. The van der Waals surface area contributed by atoms with E-state index < -0.39 is 0 Å². The molecule has 1 aromatic heterocycles. The van der Waals surface area contributed by atoms with Crippen LogP contribution in [0, 0.1) is 5.92 Å². The Kier molecular flexibility index (Phi) is 3.44. The van der Waals surface area contributed by atoms with Gasteiger partial charge in [-0.05, 0) is 50.9 Å². The van der Waals surface area contributed by atoms with Gasteiger partial charge in [0.1, 0.15) is 0 Å². The number of H-pyrrole nitrogens is 1. The predicted molar refractivity (Wildman–Crippen MR) is 60.6 cm³/mol. The van der Waals surface area contributed by atoms with Gasteiger partial charge in [-0.2, -0.15) is 0 Å². The van der Waals surface area contributed by atoms with Gasteiger partial charge in [-0.25, -0.2) is 0 Å². The molecule has 1 saturated heterocycles. The zero-order chi connectivity index (χ0) is 10.7. The largest absolute Gasteiger partial charge is 0.396 e. The molecule has 84 valence electrons. The number of piperidine rings is 1. The van der Waals surface area contributed by atoms with Crippen LogP contribution >= 0.6 is 0 Å². The number of hydrogen-bond donors (Lipinski definition) is 2. The van der Waals surface area contributed by atoms with Gasteiger partial charge in [0.2, 0.25) is 0 Å². The minimum Gasteiger partial charge on any atom is -0.396 e. The van der Waals surface area contributed by atoms with Gasteiger partial charge in [-0.1, -0.05) is 0 Å². The van der Waals surface area contributed by atoms with E-state index >= 15 is 0 Å². The molecule has 2 rings (SSSR count). The van der Waals surface area contributed by atoms with Crippen molar-refractivity contribution in [3.63, 3.8) is 0 Å². The number of aromatic amines is 1. The Morgan fingerprint density at radius 2 is 2.27 bits per heavy atom. The maximum Gasteiger partial charge on any atom is 0.0470 e. The quantitative estimate of drug-likeness (QED) is 0.794. The summed E-state index contributed by atoms with van der Waals surface area (Å²) in [6, 6.07) is 4.66. The molecular formula is C12H20N2O. The molecule has 0 aromatic carbocycles. The van der Waals surface area contributed by atoms with Gasteiger partial charge in [0.25, 0.3) is 0 Å². The summed E-state index contributed by atoms with van der Waals surface area (Å²) < 4.78 is 0. The average molecular weight is 208 g/mol. The Hall–Kier alpha value is -0.800. The van der Waals surface area contributed by atoms with E-state index in [1.165, 1.54) is 5.69 Å². The van der Waals surface area contributed by atoms with Crippen LogP contribution in [-0.2, 0) is 0 Å². The Morgan fingerprint density at radius 3 is 2.80 bits per heavy atom. The van der Waals surface area contributed by atoms with Crippen molar-refractivity contribution in [2.45, 2.75) is 25.8 Å². The summed E-state index contributed by atoms with van der Waals surface area (Å²) in [7, 11) is 0. The highest BCUT2D eigenvalue weighted by Gasteiger charge is 2.23. The number of hydrogen-bond acceptors (Lipinski definition) is 2. The highest BCUT2D eigenvalue weighted by Crippen LogP contribution is 2.25. The number of aliphatic hydroxyl groups is 1. The Balaban J connectivity index is 1.90. The van der Waals surface area contributed by atoms with E-state index in [1.807, 2.05) is 12.3 Å². The van der Waals surface area contributed by atoms with Crippen LogP contribution in [0.15, 0.2) is 18.3 Å². The van der Waals surface area contributed by atoms with E-state index in [1.54, 1.807) is 0 Å². The van der Waals surface area contributed by atoms with Crippen molar-refractivity contribution < 1.29 is 5.11 Å². The molecule has 0 saturated carbocycles. The summed E-state index contributed by atoms with van der Waals surface area (Å²) >= 11 is 0. The topological polar surface area (TPSA) is 39.3 Å². The SMILES string of the molecule is C[C@H](c1ccc[nH]1)N1CCC(CO)CC1. The van der Waals surface area contributed by atoms with Gasteiger partial charge in [0.05, 0.1) is 0 Å². The first-order chi connectivity index (χ1) is 7.31. The molecule has 0 aliphatic carbocycles.